The van der Waals surface area contributed by atoms with E-state index >= 15 is 0 Å². The number of halogens is 3. The average Bonchev–Trinajstić information content (AvgIpc) is 2.42. The topological polar surface area (TPSA) is 27.7 Å². The van der Waals surface area contributed by atoms with Crippen molar-refractivity contribution in [3.8, 4) is 0 Å². The first-order chi connectivity index (χ1) is 9.48. The molecule has 0 aliphatic carbocycles. The quantitative estimate of drug-likeness (QED) is 0.545. The molecular weight excluding hydrogens is 289 g/mol. The van der Waals surface area contributed by atoms with E-state index in [4.69, 9.17) is 13.3 Å². The molecule has 0 spiro atoms. The SMILES string of the molecule is CCO[Si](CCc1cc(F)c(F)c(F)c1)(OC)OCC. The molecule has 1 rings (SSSR count). The van der Waals surface area contributed by atoms with E-state index in [1.165, 1.54) is 7.11 Å². The molecule has 114 valence electrons. The van der Waals surface area contributed by atoms with Crippen LogP contribution in [0.15, 0.2) is 12.1 Å². The third-order valence-corrected chi connectivity index (χ3v) is 5.74. The summed E-state index contributed by atoms with van der Waals surface area (Å²) in [5.74, 6) is -3.85. The fourth-order valence-corrected chi connectivity index (χ4v) is 4.18. The van der Waals surface area contributed by atoms with Crippen LogP contribution in [-0.2, 0) is 19.7 Å². The molecule has 0 heterocycles. The maximum atomic E-state index is 13.1. The molecule has 0 amide bonds. The van der Waals surface area contributed by atoms with Gasteiger partial charge in [0.2, 0.25) is 0 Å². The molecule has 0 radical (unpaired) electrons. The van der Waals surface area contributed by atoms with Gasteiger partial charge in [-0.25, -0.2) is 13.2 Å². The van der Waals surface area contributed by atoms with Gasteiger partial charge in [0.25, 0.3) is 0 Å². The molecular formula is C13H19F3O3Si. The maximum Gasteiger partial charge on any atom is 0.501 e. The zero-order valence-corrected chi connectivity index (χ0v) is 12.8. The summed E-state index contributed by atoms with van der Waals surface area (Å²) in [6.07, 6.45) is 0.286. The van der Waals surface area contributed by atoms with Crippen molar-refractivity contribution >= 4 is 8.80 Å². The van der Waals surface area contributed by atoms with E-state index in [0.29, 0.717) is 24.8 Å². The maximum absolute atomic E-state index is 13.1. The first kappa shape index (κ1) is 17.2. The number of hydrogen-bond donors (Lipinski definition) is 0. The van der Waals surface area contributed by atoms with Gasteiger partial charge in [-0.15, -0.1) is 0 Å². The number of aryl methyl sites for hydroxylation is 1. The van der Waals surface area contributed by atoms with E-state index in [1.54, 1.807) is 0 Å². The van der Waals surface area contributed by atoms with Crippen molar-refractivity contribution in [1.82, 2.24) is 0 Å². The fraction of sp³-hybridized carbons (Fsp3) is 0.538. The van der Waals surface area contributed by atoms with Crippen LogP contribution in [0.4, 0.5) is 13.2 Å². The van der Waals surface area contributed by atoms with E-state index < -0.39 is 26.3 Å². The number of rotatable bonds is 8. The zero-order chi connectivity index (χ0) is 15.2. The molecule has 0 saturated heterocycles. The second-order valence-corrected chi connectivity index (χ2v) is 6.98. The van der Waals surface area contributed by atoms with Crippen LogP contribution in [0.25, 0.3) is 0 Å². The van der Waals surface area contributed by atoms with Gasteiger partial charge in [-0.2, -0.15) is 0 Å². The van der Waals surface area contributed by atoms with E-state index in [-0.39, 0.29) is 6.42 Å². The predicted octanol–water partition coefficient (Wildman–Crippen LogP) is 3.30. The van der Waals surface area contributed by atoms with Crippen molar-refractivity contribution in [1.29, 1.82) is 0 Å². The van der Waals surface area contributed by atoms with E-state index in [2.05, 4.69) is 0 Å². The Kier molecular flexibility index (Phi) is 6.67. The minimum absolute atomic E-state index is 0.286. The molecule has 0 aromatic heterocycles. The summed E-state index contributed by atoms with van der Waals surface area (Å²) < 4.78 is 55.6. The Labute approximate surface area is 118 Å². The average molecular weight is 308 g/mol. The molecule has 7 heteroatoms. The van der Waals surface area contributed by atoms with Crippen LogP contribution >= 0.6 is 0 Å². The van der Waals surface area contributed by atoms with Crippen LogP contribution in [-0.4, -0.2) is 29.1 Å². The van der Waals surface area contributed by atoms with Gasteiger partial charge in [-0.05, 0) is 38.0 Å². The van der Waals surface area contributed by atoms with Crippen molar-refractivity contribution in [2.75, 3.05) is 20.3 Å². The molecule has 0 aliphatic heterocycles. The molecule has 0 atom stereocenters. The highest BCUT2D eigenvalue weighted by atomic mass is 28.4. The summed E-state index contributed by atoms with van der Waals surface area (Å²) >= 11 is 0. The highest BCUT2D eigenvalue weighted by molar-refractivity contribution is 6.60. The minimum atomic E-state index is -2.84. The summed E-state index contributed by atoms with van der Waals surface area (Å²) in [6, 6.07) is 2.33. The van der Waals surface area contributed by atoms with Crippen molar-refractivity contribution < 1.29 is 26.4 Å². The lowest BCUT2D eigenvalue weighted by Crippen LogP contribution is -2.45. The van der Waals surface area contributed by atoms with Gasteiger partial charge in [0, 0.05) is 26.4 Å². The Balaban J connectivity index is 2.81. The lowest BCUT2D eigenvalue weighted by molar-refractivity contribution is 0.0867. The highest BCUT2D eigenvalue weighted by Crippen LogP contribution is 2.20. The number of hydrogen-bond acceptors (Lipinski definition) is 3. The molecule has 0 bridgehead atoms. The molecule has 20 heavy (non-hydrogen) atoms. The summed E-state index contributed by atoms with van der Waals surface area (Å²) in [5.41, 5.74) is 0.342. The third kappa shape index (κ3) is 4.31. The Morgan fingerprint density at radius 1 is 1.00 bits per heavy atom. The van der Waals surface area contributed by atoms with Gasteiger partial charge in [0.05, 0.1) is 0 Å². The van der Waals surface area contributed by atoms with E-state index in [9.17, 15) is 13.2 Å². The van der Waals surface area contributed by atoms with E-state index in [1.807, 2.05) is 13.8 Å². The summed E-state index contributed by atoms with van der Waals surface area (Å²) in [6.45, 7) is 4.48. The zero-order valence-electron chi connectivity index (χ0n) is 11.8. The highest BCUT2D eigenvalue weighted by Gasteiger charge is 2.39. The molecule has 3 nitrogen and oxygen atoms in total. The van der Waals surface area contributed by atoms with Crippen LogP contribution in [0.5, 0.6) is 0 Å². The van der Waals surface area contributed by atoms with Crippen LogP contribution < -0.4 is 0 Å². The minimum Gasteiger partial charge on any atom is -0.377 e. The van der Waals surface area contributed by atoms with Gasteiger partial charge in [-0.1, -0.05) is 0 Å². The Morgan fingerprint density at radius 3 is 1.90 bits per heavy atom. The predicted molar refractivity (Wildman–Crippen MR) is 70.8 cm³/mol. The van der Waals surface area contributed by atoms with Gasteiger partial charge < -0.3 is 13.3 Å². The molecule has 1 aromatic rings. The van der Waals surface area contributed by atoms with Crippen molar-refractivity contribution in [3.63, 3.8) is 0 Å². The van der Waals surface area contributed by atoms with Crippen LogP contribution in [0, 0.1) is 17.5 Å². The van der Waals surface area contributed by atoms with Gasteiger partial charge in [0.1, 0.15) is 0 Å². The first-order valence-electron chi connectivity index (χ1n) is 6.44. The molecule has 0 N–H and O–H groups in total. The lowest BCUT2D eigenvalue weighted by atomic mass is 10.1. The molecule has 1 aromatic carbocycles. The van der Waals surface area contributed by atoms with Gasteiger partial charge in [-0.3, -0.25) is 0 Å². The normalized spacial score (nSPS) is 11.9. The second-order valence-electron chi connectivity index (χ2n) is 4.13. The standard InChI is InChI=1S/C13H19F3O3Si/c1-4-18-20(17-3,19-5-2)7-6-10-8-11(14)13(16)12(15)9-10/h8-9H,4-7H2,1-3H3. The Bertz CT molecular complexity index is 414. The van der Waals surface area contributed by atoms with Gasteiger partial charge in [0.15, 0.2) is 17.5 Å². The largest absolute Gasteiger partial charge is 0.501 e. The molecule has 0 saturated carbocycles. The Morgan fingerprint density at radius 2 is 1.50 bits per heavy atom. The van der Waals surface area contributed by atoms with Crippen LogP contribution in [0.1, 0.15) is 19.4 Å². The molecule has 0 aliphatic rings. The fourth-order valence-electron chi connectivity index (χ4n) is 1.90. The third-order valence-electron chi connectivity index (χ3n) is 2.80. The molecule has 0 fully saturated rings. The van der Waals surface area contributed by atoms with Crippen molar-refractivity contribution in [2.45, 2.75) is 26.3 Å². The number of benzene rings is 1. The van der Waals surface area contributed by atoms with Crippen LogP contribution in [0.2, 0.25) is 6.04 Å². The Hall–Kier alpha value is -0.893. The van der Waals surface area contributed by atoms with Crippen molar-refractivity contribution in [2.24, 2.45) is 0 Å². The van der Waals surface area contributed by atoms with E-state index in [0.717, 1.165) is 12.1 Å². The monoisotopic (exact) mass is 308 g/mol. The van der Waals surface area contributed by atoms with Gasteiger partial charge >= 0.3 is 8.80 Å². The first-order valence-corrected chi connectivity index (χ1v) is 8.37. The summed E-state index contributed by atoms with van der Waals surface area (Å²) in [4.78, 5) is 0. The summed E-state index contributed by atoms with van der Waals surface area (Å²) in [5, 5.41) is 0. The lowest BCUT2D eigenvalue weighted by Gasteiger charge is -2.27. The smallest absolute Gasteiger partial charge is 0.377 e. The molecule has 0 unspecified atom stereocenters. The second kappa shape index (κ2) is 7.77. The van der Waals surface area contributed by atoms with Crippen LogP contribution in [0.3, 0.4) is 0 Å². The van der Waals surface area contributed by atoms with Crippen molar-refractivity contribution in [3.05, 3.63) is 35.1 Å². The summed E-state index contributed by atoms with van der Waals surface area (Å²) in [7, 11) is -1.35.